The average molecular weight is 636 g/mol. The summed E-state index contributed by atoms with van der Waals surface area (Å²) in [5.74, 6) is 0.772. The molecule has 0 saturated heterocycles. The minimum atomic E-state index is -0.785. The lowest BCUT2D eigenvalue weighted by Crippen LogP contribution is -2.40. The number of allylic oxidation sites excluding steroid dienone is 1. The van der Waals surface area contributed by atoms with Crippen molar-refractivity contribution < 1.29 is 28.8 Å². The van der Waals surface area contributed by atoms with Crippen molar-refractivity contribution in [1.82, 2.24) is 4.57 Å². The molecule has 0 aliphatic carbocycles. The minimum absolute atomic E-state index is 0.0323. The standard InChI is InChI=1S/C26H25IN2O7S/c1-6-36-25(32)21-13(2)28-26-29(22(21)15-7-8-17(33-3)18(12-15)34-4)24(31)20(37-26)11-14-9-16(27)23(30)19(10-14)35-5/h7-12,22,30H,6H2,1-5H3. The summed E-state index contributed by atoms with van der Waals surface area (Å²) in [6.45, 7) is 3.63. The van der Waals surface area contributed by atoms with Gasteiger partial charge in [0.05, 0.1) is 53.4 Å². The van der Waals surface area contributed by atoms with Crippen molar-refractivity contribution in [3.63, 3.8) is 0 Å². The van der Waals surface area contributed by atoms with Crippen molar-refractivity contribution in [1.29, 1.82) is 0 Å². The first-order chi connectivity index (χ1) is 17.7. The average Bonchev–Trinajstić information content (AvgIpc) is 3.18. The molecule has 2 heterocycles. The van der Waals surface area contributed by atoms with Crippen LogP contribution in [0, 0.1) is 3.57 Å². The van der Waals surface area contributed by atoms with E-state index in [0.717, 1.165) is 0 Å². The molecule has 37 heavy (non-hydrogen) atoms. The van der Waals surface area contributed by atoms with Crippen molar-refractivity contribution in [3.05, 3.63) is 76.0 Å². The van der Waals surface area contributed by atoms with Gasteiger partial charge in [0.15, 0.2) is 27.8 Å². The highest BCUT2D eigenvalue weighted by Gasteiger charge is 2.34. The number of aromatic nitrogens is 1. The number of rotatable bonds is 7. The fraction of sp³-hybridized carbons (Fsp3) is 0.269. The number of halogens is 1. The predicted octanol–water partition coefficient (Wildman–Crippen LogP) is 3.13. The van der Waals surface area contributed by atoms with Gasteiger partial charge in [0.2, 0.25) is 0 Å². The molecule has 1 aromatic heterocycles. The maximum Gasteiger partial charge on any atom is 0.338 e. The van der Waals surface area contributed by atoms with Gasteiger partial charge in [0.1, 0.15) is 0 Å². The lowest BCUT2D eigenvalue weighted by molar-refractivity contribution is -0.139. The second kappa shape index (κ2) is 11.0. The summed E-state index contributed by atoms with van der Waals surface area (Å²) in [6.07, 6.45) is 1.71. The van der Waals surface area contributed by atoms with E-state index in [1.54, 1.807) is 50.3 Å². The third-order valence-electron chi connectivity index (χ3n) is 5.81. The number of phenols is 1. The predicted molar refractivity (Wildman–Crippen MR) is 147 cm³/mol. The van der Waals surface area contributed by atoms with Gasteiger partial charge in [-0.25, -0.2) is 9.79 Å². The molecule has 194 valence electrons. The van der Waals surface area contributed by atoms with E-state index in [0.29, 0.717) is 47.0 Å². The van der Waals surface area contributed by atoms with Crippen LogP contribution >= 0.6 is 33.9 Å². The van der Waals surface area contributed by atoms with Crippen molar-refractivity contribution >= 4 is 46.0 Å². The van der Waals surface area contributed by atoms with E-state index >= 15 is 0 Å². The lowest BCUT2D eigenvalue weighted by Gasteiger charge is -2.25. The Morgan fingerprint density at radius 1 is 1.14 bits per heavy atom. The molecular weight excluding hydrogens is 611 g/mol. The second-order valence-electron chi connectivity index (χ2n) is 7.97. The van der Waals surface area contributed by atoms with Crippen molar-refractivity contribution in [3.8, 4) is 23.0 Å². The Kier molecular flexibility index (Phi) is 7.93. The Morgan fingerprint density at radius 3 is 2.49 bits per heavy atom. The zero-order chi connectivity index (χ0) is 26.9. The van der Waals surface area contributed by atoms with Crippen LogP contribution in [0.4, 0.5) is 0 Å². The van der Waals surface area contributed by atoms with Gasteiger partial charge in [-0.1, -0.05) is 17.4 Å². The molecule has 1 N–H and O–H groups in total. The van der Waals surface area contributed by atoms with E-state index in [1.165, 1.54) is 37.2 Å². The highest BCUT2D eigenvalue weighted by Crippen LogP contribution is 2.36. The van der Waals surface area contributed by atoms with Crippen LogP contribution in [-0.4, -0.2) is 43.6 Å². The minimum Gasteiger partial charge on any atom is -0.504 e. The van der Waals surface area contributed by atoms with Crippen LogP contribution in [0.5, 0.6) is 23.0 Å². The molecule has 1 unspecified atom stereocenters. The molecule has 0 saturated carbocycles. The first-order valence-corrected chi connectivity index (χ1v) is 13.1. The number of nitrogens with zero attached hydrogens (tertiary/aromatic N) is 2. The normalized spacial score (nSPS) is 15.2. The zero-order valence-electron chi connectivity index (χ0n) is 20.8. The summed E-state index contributed by atoms with van der Waals surface area (Å²) in [5.41, 5.74) is 1.73. The number of esters is 1. The number of benzene rings is 2. The summed E-state index contributed by atoms with van der Waals surface area (Å²) in [6, 6.07) is 7.87. The van der Waals surface area contributed by atoms with Crippen LogP contribution in [0.25, 0.3) is 6.08 Å². The number of phenolic OH excluding ortho intramolecular Hbond substituents is 1. The Labute approximate surface area is 230 Å². The van der Waals surface area contributed by atoms with E-state index in [9.17, 15) is 14.7 Å². The third-order valence-corrected chi connectivity index (χ3v) is 7.61. The number of methoxy groups -OCH3 is 3. The Balaban J connectivity index is 1.97. The SMILES string of the molecule is CCOC(=O)C1=C(C)N=c2sc(=Cc3cc(I)c(O)c(OC)c3)c(=O)n2C1c1ccc(OC)c(OC)c1. The molecule has 1 aliphatic rings. The number of thiazole rings is 1. The highest BCUT2D eigenvalue weighted by molar-refractivity contribution is 14.1. The fourth-order valence-electron chi connectivity index (χ4n) is 4.11. The molecule has 2 aromatic carbocycles. The number of fused-ring (bicyclic) bond motifs is 1. The largest absolute Gasteiger partial charge is 0.504 e. The summed E-state index contributed by atoms with van der Waals surface area (Å²) >= 11 is 3.21. The number of carbonyl (C=O) groups excluding carboxylic acids is 1. The highest BCUT2D eigenvalue weighted by atomic mass is 127. The Hall–Kier alpha value is -3.32. The fourth-order valence-corrected chi connectivity index (χ4v) is 5.79. The number of carbonyl (C=O) groups is 1. The van der Waals surface area contributed by atoms with E-state index in [4.69, 9.17) is 18.9 Å². The molecule has 11 heteroatoms. The molecule has 0 amide bonds. The second-order valence-corrected chi connectivity index (χ2v) is 10.1. The molecule has 4 rings (SSSR count). The summed E-state index contributed by atoms with van der Waals surface area (Å²) in [7, 11) is 4.52. The number of aromatic hydroxyl groups is 1. The molecule has 0 radical (unpaired) electrons. The smallest absolute Gasteiger partial charge is 0.338 e. The van der Waals surface area contributed by atoms with Crippen molar-refractivity contribution in [2.45, 2.75) is 19.9 Å². The molecule has 1 atom stereocenters. The van der Waals surface area contributed by atoms with Gasteiger partial charge in [0.25, 0.3) is 5.56 Å². The number of hydrogen-bond acceptors (Lipinski definition) is 9. The molecule has 0 fully saturated rings. The van der Waals surface area contributed by atoms with Crippen LogP contribution in [-0.2, 0) is 9.53 Å². The zero-order valence-corrected chi connectivity index (χ0v) is 23.8. The van der Waals surface area contributed by atoms with Gasteiger partial charge in [-0.2, -0.15) is 0 Å². The number of hydrogen-bond donors (Lipinski definition) is 1. The third kappa shape index (κ3) is 4.97. The van der Waals surface area contributed by atoms with Crippen LogP contribution in [0.3, 0.4) is 0 Å². The van der Waals surface area contributed by atoms with Crippen LogP contribution in [0.1, 0.15) is 31.0 Å². The molecule has 0 spiro atoms. The molecule has 0 bridgehead atoms. The van der Waals surface area contributed by atoms with E-state index < -0.39 is 12.0 Å². The van der Waals surface area contributed by atoms with Crippen LogP contribution in [0.2, 0.25) is 0 Å². The first-order valence-electron chi connectivity index (χ1n) is 11.2. The maximum atomic E-state index is 13.8. The summed E-state index contributed by atoms with van der Waals surface area (Å²) in [5, 5.41) is 10.2. The van der Waals surface area contributed by atoms with Gasteiger partial charge >= 0.3 is 5.97 Å². The van der Waals surface area contributed by atoms with E-state index in [2.05, 4.69) is 4.99 Å². The van der Waals surface area contributed by atoms with E-state index in [-0.39, 0.29) is 23.5 Å². The van der Waals surface area contributed by atoms with Crippen LogP contribution in [0.15, 0.2) is 51.4 Å². The molecule has 3 aromatic rings. The van der Waals surface area contributed by atoms with Gasteiger partial charge < -0.3 is 24.1 Å². The van der Waals surface area contributed by atoms with Gasteiger partial charge in [-0.3, -0.25) is 9.36 Å². The molecular formula is C26H25IN2O7S. The first kappa shape index (κ1) is 26.7. The molecule has 1 aliphatic heterocycles. The lowest BCUT2D eigenvalue weighted by atomic mass is 9.95. The summed E-state index contributed by atoms with van der Waals surface area (Å²) in [4.78, 5) is 31.9. The Morgan fingerprint density at radius 2 is 1.84 bits per heavy atom. The van der Waals surface area contributed by atoms with Gasteiger partial charge in [-0.15, -0.1) is 0 Å². The van der Waals surface area contributed by atoms with Crippen LogP contribution < -0.4 is 29.1 Å². The number of ether oxygens (including phenoxy) is 4. The summed E-state index contributed by atoms with van der Waals surface area (Å²) < 4.78 is 23.9. The van der Waals surface area contributed by atoms with Crippen molar-refractivity contribution in [2.24, 2.45) is 4.99 Å². The van der Waals surface area contributed by atoms with Gasteiger partial charge in [-0.05, 0) is 77.9 Å². The Bertz CT molecular complexity index is 1590. The topological polar surface area (TPSA) is 109 Å². The van der Waals surface area contributed by atoms with Crippen molar-refractivity contribution in [2.75, 3.05) is 27.9 Å². The monoisotopic (exact) mass is 636 g/mol. The van der Waals surface area contributed by atoms with E-state index in [1.807, 2.05) is 22.6 Å². The van der Waals surface area contributed by atoms with Gasteiger partial charge in [0, 0.05) is 0 Å². The molecule has 9 nitrogen and oxygen atoms in total. The maximum absolute atomic E-state index is 13.8. The quantitative estimate of drug-likeness (QED) is 0.314.